The fourth-order valence-corrected chi connectivity index (χ4v) is 4.33. The molecule has 2 atom stereocenters. The van der Waals surface area contributed by atoms with E-state index in [1.165, 1.54) is 6.07 Å². The van der Waals surface area contributed by atoms with Crippen LogP contribution >= 0.6 is 11.3 Å². The van der Waals surface area contributed by atoms with Crippen LogP contribution in [0.15, 0.2) is 10.3 Å². The number of carbonyl (C=O) groups is 1. The lowest BCUT2D eigenvalue weighted by atomic mass is 10.2. The smallest absolute Gasteiger partial charge is 0.346 e. The molecule has 0 fully saturated rings. The molecule has 0 aromatic carbocycles. The van der Waals surface area contributed by atoms with Crippen LogP contribution in [0.3, 0.4) is 0 Å². The van der Waals surface area contributed by atoms with Crippen LogP contribution in [0, 0.1) is 6.92 Å². The highest BCUT2D eigenvalue weighted by atomic mass is 32.2. The van der Waals surface area contributed by atoms with Crippen LogP contribution in [0.2, 0.25) is 0 Å². The van der Waals surface area contributed by atoms with Crippen molar-refractivity contribution in [2.75, 3.05) is 0 Å². The lowest BCUT2D eigenvalue weighted by Gasteiger charge is -2.14. The second-order valence-electron chi connectivity index (χ2n) is 4.49. The topological polar surface area (TPSA) is 104 Å². The molecule has 0 aliphatic rings. The number of nitrogens with one attached hydrogen (secondary N) is 1. The van der Waals surface area contributed by atoms with E-state index in [0.29, 0.717) is 5.56 Å². The van der Waals surface area contributed by atoms with Crippen LogP contribution in [-0.2, 0) is 10.0 Å². The number of aryl methyl sites for hydroxylation is 1. The van der Waals surface area contributed by atoms with Gasteiger partial charge in [-0.2, -0.15) is 0 Å². The minimum Gasteiger partial charge on any atom is -0.477 e. The molecule has 0 aliphatic heterocycles. The van der Waals surface area contributed by atoms with Gasteiger partial charge in [0, 0.05) is 6.04 Å². The van der Waals surface area contributed by atoms with Crippen LogP contribution in [-0.4, -0.2) is 36.7 Å². The molecular weight excluding hydrogens is 290 g/mol. The molecule has 0 spiro atoms. The van der Waals surface area contributed by atoms with Crippen molar-refractivity contribution >= 4 is 27.3 Å². The standard InChI is InChI=1S/C11H17NO5S2/c1-6-4-9(18-10(6)11(14)15)19(16,17)12-7(2)5-8(3)13/h4,7-8,12-13H,5H2,1-3H3,(H,14,15). The molecule has 0 saturated carbocycles. The average molecular weight is 307 g/mol. The highest BCUT2D eigenvalue weighted by Gasteiger charge is 2.23. The monoisotopic (exact) mass is 307 g/mol. The number of aliphatic hydroxyl groups excluding tert-OH is 1. The van der Waals surface area contributed by atoms with Gasteiger partial charge in [0.25, 0.3) is 0 Å². The zero-order valence-corrected chi connectivity index (χ0v) is 12.5. The quantitative estimate of drug-likeness (QED) is 0.732. The molecule has 3 N–H and O–H groups in total. The number of aliphatic hydroxyl groups is 1. The van der Waals surface area contributed by atoms with Crippen molar-refractivity contribution in [1.29, 1.82) is 0 Å². The van der Waals surface area contributed by atoms with Gasteiger partial charge >= 0.3 is 5.97 Å². The molecule has 1 heterocycles. The number of rotatable bonds is 6. The van der Waals surface area contributed by atoms with E-state index in [9.17, 15) is 18.3 Å². The summed E-state index contributed by atoms with van der Waals surface area (Å²) in [6, 6.07) is 0.909. The summed E-state index contributed by atoms with van der Waals surface area (Å²) in [5, 5.41) is 18.1. The maximum atomic E-state index is 12.0. The molecule has 108 valence electrons. The van der Waals surface area contributed by atoms with Crippen molar-refractivity contribution in [2.45, 2.75) is 43.5 Å². The van der Waals surface area contributed by atoms with Gasteiger partial charge in [0.1, 0.15) is 9.09 Å². The third kappa shape index (κ3) is 4.27. The second kappa shape index (κ2) is 6.00. The summed E-state index contributed by atoms with van der Waals surface area (Å²) in [5.74, 6) is -1.14. The number of thiophene rings is 1. The van der Waals surface area contributed by atoms with Gasteiger partial charge in [-0.15, -0.1) is 11.3 Å². The highest BCUT2D eigenvalue weighted by Crippen LogP contribution is 2.26. The molecule has 1 aromatic heterocycles. The number of hydrogen-bond acceptors (Lipinski definition) is 5. The lowest BCUT2D eigenvalue weighted by molar-refractivity contribution is 0.0701. The first-order valence-corrected chi connectivity index (χ1v) is 7.97. The molecule has 8 heteroatoms. The Balaban J connectivity index is 2.95. The van der Waals surface area contributed by atoms with E-state index in [2.05, 4.69) is 4.72 Å². The Bertz CT molecular complexity index is 562. The van der Waals surface area contributed by atoms with Gasteiger partial charge in [-0.25, -0.2) is 17.9 Å². The van der Waals surface area contributed by atoms with Crippen molar-refractivity contribution in [2.24, 2.45) is 0 Å². The zero-order chi connectivity index (χ0) is 14.8. The normalized spacial score (nSPS) is 15.2. The summed E-state index contributed by atoms with van der Waals surface area (Å²) in [7, 11) is -3.75. The first-order chi connectivity index (χ1) is 8.63. The highest BCUT2D eigenvalue weighted by molar-refractivity contribution is 7.91. The van der Waals surface area contributed by atoms with Gasteiger partial charge in [0.2, 0.25) is 10.0 Å². The van der Waals surface area contributed by atoms with Gasteiger partial charge in [-0.1, -0.05) is 0 Å². The molecule has 0 radical (unpaired) electrons. The molecular formula is C11H17NO5S2. The minimum absolute atomic E-state index is 0.0172. The predicted molar refractivity (Wildman–Crippen MR) is 72.1 cm³/mol. The molecule has 19 heavy (non-hydrogen) atoms. The summed E-state index contributed by atoms with van der Waals surface area (Å²) < 4.78 is 26.5. The third-order valence-corrected chi connectivity index (χ3v) is 5.69. The maximum absolute atomic E-state index is 12.0. The van der Waals surface area contributed by atoms with Crippen LogP contribution in [0.1, 0.15) is 35.5 Å². The summed E-state index contributed by atoms with van der Waals surface area (Å²) in [5.41, 5.74) is 0.418. The van der Waals surface area contributed by atoms with Crippen LogP contribution in [0.25, 0.3) is 0 Å². The van der Waals surface area contributed by atoms with E-state index in [1.54, 1.807) is 20.8 Å². The van der Waals surface area contributed by atoms with Crippen molar-refractivity contribution in [3.63, 3.8) is 0 Å². The van der Waals surface area contributed by atoms with E-state index in [0.717, 1.165) is 11.3 Å². The Morgan fingerprint density at radius 2 is 2.05 bits per heavy atom. The molecule has 0 aliphatic carbocycles. The third-order valence-electron chi connectivity index (χ3n) is 2.41. The summed E-state index contributed by atoms with van der Waals surface area (Å²) in [6.07, 6.45) is -0.326. The second-order valence-corrected chi connectivity index (χ2v) is 7.48. The fourth-order valence-electron chi connectivity index (χ4n) is 1.68. The molecule has 2 unspecified atom stereocenters. The molecule has 0 amide bonds. The fraction of sp³-hybridized carbons (Fsp3) is 0.545. The van der Waals surface area contributed by atoms with E-state index in [4.69, 9.17) is 5.11 Å². The largest absolute Gasteiger partial charge is 0.477 e. The van der Waals surface area contributed by atoms with Gasteiger partial charge in [-0.05, 0) is 38.8 Å². The number of carboxylic acids is 1. The van der Waals surface area contributed by atoms with E-state index in [-0.39, 0.29) is 15.5 Å². The van der Waals surface area contributed by atoms with E-state index < -0.39 is 28.1 Å². The first-order valence-electron chi connectivity index (χ1n) is 5.67. The predicted octanol–water partition coefficient (Wildman–Crippen LogP) is 1.19. The Labute approximate surface area is 116 Å². The zero-order valence-electron chi connectivity index (χ0n) is 10.9. The average Bonchev–Trinajstić information content (AvgIpc) is 2.58. The minimum atomic E-state index is -3.75. The van der Waals surface area contributed by atoms with Crippen LogP contribution in [0.4, 0.5) is 0 Å². The van der Waals surface area contributed by atoms with E-state index in [1.807, 2.05) is 0 Å². The summed E-state index contributed by atoms with van der Waals surface area (Å²) in [4.78, 5) is 10.9. The molecule has 1 aromatic rings. The first kappa shape index (κ1) is 16.1. The van der Waals surface area contributed by atoms with Gasteiger partial charge in [0.15, 0.2) is 0 Å². The van der Waals surface area contributed by atoms with Crippen LogP contribution in [0.5, 0.6) is 0 Å². The Morgan fingerprint density at radius 1 is 1.47 bits per heavy atom. The Hall–Kier alpha value is -0.960. The van der Waals surface area contributed by atoms with Gasteiger partial charge < -0.3 is 10.2 Å². The Kier molecular flexibility index (Phi) is 5.08. The number of hydrogen-bond donors (Lipinski definition) is 3. The molecule has 0 saturated heterocycles. The van der Waals surface area contributed by atoms with Crippen LogP contribution < -0.4 is 4.72 Å². The SMILES string of the molecule is Cc1cc(S(=O)(=O)NC(C)CC(C)O)sc1C(=O)O. The molecule has 0 bridgehead atoms. The summed E-state index contributed by atoms with van der Waals surface area (Å²) >= 11 is 0.723. The van der Waals surface area contributed by atoms with Crippen molar-refractivity contribution in [3.05, 3.63) is 16.5 Å². The number of carboxylic acid groups (broad SMARTS) is 1. The van der Waals surface area contributed by atoms with Crippen molar-refractivity contribution in [1.82, 2.24) is 4.72 Å². The summed E-state index contributed by atoms with van der Waals surface area (Å²) in [6.45, 7) is 4.77. The van der Waals surface area contributed by atoms with Gasteiger partial charge in [-0.3, -0.25) is 0 Å². The maximum Gasteiger partial charge on any atom is 0.346 e. The lowest BCUT2D eigenvalue weighted by Crippen LogP contribution is -2.34. The number of sulfonamides is 1. The Morgan fingerprint density at radius 3 is 2.47 bits per heavy atom. The molecule has 6 nitrogen and oxygen atoms in total. The van der Waals surface area contributed by atoms with Crippen molar-refractivity contribution in [3.8, 4) is 0 Å². The van der Waals surface area contributed by atoms with Crippen molar-refractivity contribution < 1.29 is 23.4 Å². The van der Waals surface area contributed by atoms with E-state index >= 15 is 0 Å². The molecule has 1 rings (SSSR count). The number of aromatic carboxylic acids is 1. The van der Waals surface area contributed by atoms with Gasteiger partial charge in [0.05, 0.1) is 6.10 Å².